The summed E-state index contributed by atoms with van der Waals surface area (Å²) in [5, 5.41) is -0.354. The third-order valence-electron chi connectivity index (χ3n) is 3.38. The smallest absolute Gasteiger partial charge is 0.310 e. The first-order valence-electron chi connectivity index (χ1n) is 6.24. The van der Waals surface area contributed by atoms with Crippen LogP contribution in [-0.4, -0.2) is 20.5 Å². The molecule has 1 aromatic rings. The Balaban J connectivity index is 3.56. The summed E-state index contributed by atoms with van der Waals surface area (Å²) in [5.41, 5.74) is 0. The Morgan fingerprint density at radius 2 is 1.61 bits per heavy atom. The lowest BCUT2D eigenvalue weighted by Gasteiger charge is -2.44. The second kappa shape index (κ2) is 4.65. The van der Waals surface area contributed by atoms with Gasteiger partial charge in [-0.3, -0.25) is 4.98 Å². The summed E-state index contributed by atoms with van der Waals surface area (Å²) in [4.78, 5) is 4.32. The van der Waals surface area contributed by atoms with Gasteiger partial charge in [0.2, 0.25) is 0 Å². The minimum atomic E-state index is -3.33. The van der Waals surface area contributed by atoms with E-state index in [9.17, 15) is 0 Å². The first-order chi connectivity index (χ1) is 8.05. The molecule has 0 bridgehead atoms. The summed E-state index contributed by atoms with van der Waals surface area (Å²) in [7, 11) is -1.76. The lowest BCUT2D eigenvalue weighted by molar-refractivity contribution is 0.413. The maximum Gasteiger partial charge on any atom is 0.310 e. The van der Waals surface area contributed by atoms with Crippen LogP contribution in [-0.2, 0) is 0 Å². The van der Waals surface area contributed by atoms with E-state index in [1.54, 1.807) is 25.4 Å². The third-order valence-corrected chi connectivity index (χ3v) is 8.55. The number of methoxy groups -OCH3 is 1. The largest absolute Gasteiger partial charge is 0.495 e. The highest BCUT2D eigenvalue weighted by atomic mass is 28.4. The normalized spacial score (nSPS) is 13.6. The summed E-state index contributed by atoms with van der Waals surface area (Å²) >= 11 is 0. The fraction of sp³-hybridized carbons (Fsp3) is 0.643. The van der Waals surface area contributed by atoms with Gasteiger partial charge >= 0.3 is 8.41 Å². The number of pyridine rings is 1. The predicted molar refractivity (Wildman–Crippen MR) is 76.7 cm³/mol. The minimum Gasteiger partial charge on any atom is -0.495 e. The molecule has 0 N–H and O–H groups in total. The third kappa shape index (κ3) is 2.30. The van der Waals surface area contributed by atoms with E-state index >= 15 is 4.11 Å². The van der Waals surface area contributed by atoms with Crippen LogP contribution >= 0.6 is 0 Å². The number of halogens is 1. The number of hydrogen-bond donors (Lipinski definition) is 0. The van der Waals surface area contributed by atoms with Gasteiger partial charge in [-0.15, -0.1) is 0 Å². The summed E-state index contributed by atoms with van der Waals surface area (Å²) < 4.78 is 21.3. The van der Waals surface area contributed by atoms with E-state index in [0.29, 0.717) is 11.1 Å². The number of ether oxygens (including phenoxy) is 1. The molecule has 0 aromatic carbocycles. The fourth-order valence-corrected chi connectivity index (χ4v) is 7.10. The van der Waals surface area contributed by atoms with Crippen LogP contribution in [0.3, 0.4) is 0 Å². The Morgan fingerprint density at radius 1 is 1.11 bits per heavy atom. The van der Waals surface area contributed by atoms with Crippen LogP contribution in [0.1, 0.15) is 41.5 Å². The molecule has 0 unspecified atom stereocenters. The van der Waals surface area contributed by atoms with Gasteiger partial charge in [-0.1, -0.05) is 41.5 Å². The summed E-state index contributed by atoms with van der Waals surface area (Å²) in [5.74, 6) is 0.566. The average molecular weight is 269 g/mol. The Labute approximate surface area is 111 Å². The van der Waals surface area contributed by atoms with Gasteiger partial charge in [-0.05, 0) is 22.2 Å². The Hall–Kier alpha value is -0.903. The van der Waals surface area contributed by atoms with Gasteiger partial charge in [0.15, 0.2) is 0 Å². The molecule has 102 valence electrons. The quantitative estimate of drug-likeness (QED) is 0.601. The molecule has 0 saturated carbocycles. The molecule has 0 aliphatic carbocycles. The molecule has 0 amide bonds. The molecule has 0 saturated heterocycles. The molecule has 0 atom stereocenters. The number of nitrogens with zero attached hydrogens (tertiary/aromatic N) is 1. The molecule has 18 heavy (non-hydrogen) atoms. The van der Waals surface area contributed by atoms with Crippen LogP contribution < -0.4 is 10.1 Å². The van der Waals surface area contributed by atoms with Gasteiger partial charge in [0, 0.05) is 6.20 Å². The van der Waals surface area contributed by atoms with E-state index in [1.807, 2.05) is 41.5 Å². The topological polar surface area (TPSA) is 22.1 Å². The van der Waals surface area contributed by atoms with E-state index in [2.05, 4.69) is 4.98 Å². The molecule has 0 radical (unpaired) electrons. The van der Waals surface area contributed by atoms with Crippen LogP contribution in [0.15, 0.2) is 18.3 Å². The van der Waals surface area contributed by atoms with Crippen molar-refractivity contribution in [3.63, 3.8) is 0 Å². The number of rotatable bonds is 2. The van der Waals surface area contributed by atoms with Crippen LogP contribution in [0.5, 0.6) is 5.75 Å². The molecule has 4 heteroatoms. The second-order valence-electron chi connectivity index (χ2n) is 6.71. The Bertz CT molecular complexity index is 407. The number of aromatic nitrogens is 1. The minimum absolute atomic E-state index is 0.438. The average Bonchev–Trinajstić information content (AvgIpc) is 2.24. The number of hydrogen-bond acceptors (Lipinski definition) is 2. The van der Waals surface area contributed by atoms with Crippen LogP contribution in [0.2, 0.25) is 10.1 Å². The van der Waals surface area contributed by atoms with Crippen LogP contribution in [0.4, 0.5) is 4.11 Å². The molecule has 0 aliphatic rings. The van der Waals surface area contributed by atoms with E-state index < -0.39 is 18.5 Å². The van der Waals surface area contributed by atoms with Crippen molar-refractivity contribution in [2.75, 3.05) is 7.11 Å². The van der Waals surface area contributed by atoms with Crippen molar-refractivity contribution < 1.29 is 8.84 Å². The first-order valence-corrected chi connectivity index (χ1v) is 8.12. The molecular formula is C14H24FNOSi. The van der Waals surface area contributed by atoms with Crippen molar-refractivity contribution in [3.05, 3.63) is 18.3 Å². The van der Waals surface area contributed by atoms with E-state index in [0.717, 1.165) is 0 Å². The lowest BCUT2D eigenvalue weighted by Crippen LogP contribution is -2.59. The SMILES string of the molecule is COc1cccnc1[Si](F)(C(C)(C)C)C(C)(C)C. The maximum absolute atomic E-state index is 16.0. The van der Waals surface area contributed by atoms with Crippen molar-refractivity contribution >= 4 is 13.7 Å². The van der Waals surface area contributed by atoms with Gasteiger partial charge in [0.1, 0.15) is 11.1 Å². The zero-order chi connectivity index (χ0) is 14.2. The maximum atomic E-state index is 16.0. The van der Waals surface area contributed by atoms with Crippen LogP contribution in [0, 0.1) is 0 Å². The van der Waals surface area contributed by atoms with Gasteiger partial charge in [0.05, 0.1) is 7.11 Å². The van der Waals surface area contributed by atoms with Gasteiger partial charge in [-0.2, -0.15) is 0 Å². The molecule has 1 aromatic heterocycles. The lowest BCUT2D eigenvalue weighted by atomic mass is 10.2. The predicted octanol–water partition coefficient (Wildman–Crippen LogP) is 3.81. The molecule has 0 fully saturated rings. The van der Waals surface area contributed by atoms with Gasteiger partial charge in [-0.25, -0.2) is 0 Å². The van der Waals surface area contributed by atoms with Crippen molar-refractivity contribution in [3.8, 4) is 5.75 Å². The van der Waals surface area contributed by atoms with Gasteiger partial charge in [0.25, 0.3) is 0 Å². The van der Waals surface area contributed by atoms with Crippen molar-refractivity contribution in [1.29, 1.82) is 0 Å². The molecule has 0 aliphatic heterocycles. The Kier molecular flexibility index (Phi) is 3.91. The van der Waals surface area contributed by atoms with Crippen LogP contribution in [0.25, 0.3) is 0 Å². The summed E-state index contributed by atoms with van der Waals surface area (Å²) in [6.45, 7) is 11.7. The molecular weight excluding hydrogens is 245 g/mol. The highest BCUT2D eigenvalue weighted by molar-refractivity contribution is 6.90. The van der Waals surface area contributed by atoms with Crippen molar-refractivity contribution in [2.45, 2.75) is 51.6 Å². The highest BCUT2D eigenvalue weighted by Gasteiger charge is 2.59. The zero-order valence-corrected chi connectivity index (χ0v) is 13.5. The summed E-state index contributed by atoms with van der Waals surface area (Å²) in [6, 6.07) is 3.57. The molecule has 2 nitrogen and oxygen atoms in total. The Morgan fingerprint density at radius 3 is 2.00 bits per heavy atom. The van der Waals surface area contributed by atoms with E-state index in [-0.39, 0.29) is 0 Å². The molecule has 1 rings (SSSR count). The molecule has 0 spiro atoms. The fourth-order valence-electron chi connectivity index (χ4n) is 2.65. The first kappa shape index (κ1) is 15.2. The standard InChI is InChI=1S/C14H24FNOSi/c1-13(2,3)18(15,14(4,5)6)12-11(17-7)9-8-10-16-12/h8-10H,1-7H3. The molecule has 1 heterocycles. The highest BCUT2D eigenvalue weighted by Crippen LogP contribution is 2.51. The van der Waals surface area contributed by atoms with Crippen molar-refractivity contribution in [1.82, 2.24) is 4.98 Å². The van der Waals surface area contributed by atoms with Crippen molar-refractivity contribution in [2.24, 2.45) is 0 Å². The second-order valence-corrected chi connectivity index (χ2v) is 11.5. The zero-order valence-electron chi connectivity index (χ0n) is 12.5. The monoisotopic (exact) mass is 269 g/mol. The summed E-state index contributed by atoms with van der Waals surface area (Å²) in [6.07, 6.45) is 1.65. The van der Waals surface area contributed by atoms with E-state index in [1.165, 1.54) is 0 Å². The van der Waals surface area contributed by atoms with E-state index in [4.69, 9.17) is 4.74 Å². The van der Waals surface area contributed by atoms with Gasteiger partial charge < -0.3 is 8.84 Å².